The van der Waals surface area contributed by atoms with Crippen LogP contribution in [0, 0.1) is 5.92 Å². The van der Waals surface area contributed by atoms with E-state index < -0.39 is 0 Å². The summed E-state index contributed by atoms with van der Waals surface area (Å²) in [4.78, 5) is 16.9. The van der Waals surface area contributed by atoms with Crippen molar-refractivity contribution < 1.29 is 4.79 Å². The quantitative estimate of drug-likeness (QED) is 0.867. The molecule has 0 radical (unpaired) electrons. The molecule has 1 fully saturated rings. The van der Waals surface area contributed by atoms with Crippen molar-refractivity contribution in [2.24, 2.45) is 5.92 Å². The first kappa shape index (κ1) is 14.2. The van der Waals surface area contributed by atoms with Gasteiger partial charge in [-0.25, -0.2) is 0 Å². The Balaban J connectivity index is 1.77. The van der Waals surface area contributed by atoms with Crippen LogP contribution in [0.2, 0.25) is 0 Å². The fourth-order valence-corrected chi connectivity index (χ4v) is 3.34. The number of likely N-dealkylation sites (tertiary alicyclic amines) is 1. The molecule has 2 aliphatic heterocycles. The van der Waals surface area contributed by atoms with Crippen molar-refractivity contribution in [1.29, 1.82) is 0 Å². The Bertz CT molecular complexity index is 543. The molecular weight excluding hydrogens is 264 g/mol. The van der Waals surface area contributed by atoms with E-state index in [9.17, 15) is 4.79 Å². The Morgan fingerprint density at radius 2 is 1.90 bits per heavy atom. The molecule has 0 spiro atoms. The van der Waals surface area contributed by atoms with Crippen molar-refractivity contribution >= 4 is 17.3 Å². The molecule has 114 valence electrons. The Morgan fingerprint density at radius 3 is 2.57 bits per heavy atom. The maximum Gasteiger partial charge on any atom is 0.253 e. The predicted molar refractivity (Wildman–Crippen MR) is 86.0 cm³/mol. The highest BCUT2D eigenvalue weighted by molar-refractivity contribution is 5.96. The fraction of sp³-hybridized carbons (Fsp3) is 0.562. The highest BCUT2D eigenvalue weighted by atomic mass is 16.2. The standard InChI is InChI=1S/C16H24N4O/c1-11-9-20(10-15(11)19(2)3)16(21)12-4-5-13-14(8-12)18-7-6-17-13/h4-5,8,11,15,17-18H,6-7,9-10H2,1-3H3. The number of benzene rings is 1. The molecule has 3 rings (SSSR count). The topological polar surface area (TPSA) is 47.6 Å². The molecule has 0 bridgehead atoms. The van der Waals surface area contributed by atoms with Crippen LogP contribution in [0.25, 0.3) is 0 Å². The number of hydrogen-bond acceptors (Lipinski definition) is 4. The highest BCUT2D eigenvalue weighted by Crippen LogP contribution is 2.27. The second-order valence-electron chi connectivity index (χ2n) is 6.33. The average Bonchev–Trinajstić information content (AvgIpc) is 2.88. The van der Waals surface area contributed by atoms with E-state index in [4.69, 9.17) is 0 Å². The van der Waals surface area contributed by atoms with Gasteiger partial charge in [-0.1, -0.05) is 6.92 Å². The van der Waals surface area contributed by atoms with Gasteiger partial charge in [0, 0.05) is 37.8 Å². The van der Waals surface area contributed by atoms with Gasteiger partial charge >= 0.3 is 0 Å². The summed E-state index contributed by atoms with van der Waals surface area (Å²) in [6.07, 6.45) is 0. The first-order chi connectivity index (χ1) is 10.1. The summed E-state index contributed by atoms with van der Waals surface area (Å²) in [5.41, 5.74) is 2.89. The van der Waals surface area contributed by atoms with Crippen LogP contribution in [0.4, 0.5) is 11.4 Å². The van der Waals surface area contributed by atoms with E-state index in [-0.39, 0.29) is 5.91 Å². The van der Waals surface area contributed by atoms with Crippen molar-refractivity contribution in [2.45, 2.75) is 13.0 Å². The van der Waals surface area contributed by atoms with Gasteiger partial charge in [0.05, 0.1) is 11.4 Å². The van der Waals surface area contributed by atoms with Crippen molar-refractivity contribution in [3.05, 3.63) is 23.8 Å². The van der Waals surface area contributed by atoms with E-state index in [2.05, 4.69) is 36.6 Å². The first-order valence-corrected chi connectivity index (χ1v) is 7.64. The molecule has 5 nitrogen and oxygen atoms in total. The number of nitrogens with zero attached hydrogens (tertiary/aromatic N) is 2. The number of likely N-dealkylation sites (N-methyl/N-ethyl adjacent to an activating group) is 1. The average molecular weight is 288 g/mol. The minimum absolute atomic E-state index is 0.140. The molecule has 1 aromatic carbocycles. The molecule has 2 heterocycles. The Labute approximate surface area is 126 Å². The number of carbonyl (C=O) groups is 1. The first-order valence-electron chi connectivity index (χ1n) is 7.64. The van der Waals surface area contributed by atoms with E-state index >= 15 is 0 Å². The van der Waals surface area contributed by atoms with E-state index in [1.54, 1.807) is 0 Å². The van der Waals surface area contributed by atoms with Gasteiger partial charge in [-0.3, -0.25) is 4.79 Å². The van der Waals surface area contributed by atoms with E-state index in [1.807, 2.05) is 23.1 Å². The van der Waals surface area contributed by atoms with E-state index in [1.165, 1.54) is 0 Å². The zero-order valence-corrected chi connectivity index (χ0v) is 13.0. The minimum atomic E-state index is 0.140. The van der Waals surface area contributed by atoms with Crippen LogP contribution in [0.15, 0.2) is 18.2 Å². The highest BCUT2D eigenvalue weighted by Gasteiger charge is 2.34. The third-order valence-electron chi connectivity index (χ3n) is 4.55. The fourth-order valence-electron chi connectivity index (χ4n) is 3.34. The number of anilines is 2. The third kappa shape index (κ3) is 2.70. The molecule has 2 unspecified atom stereocenters. The molecule has 5 heteroatoms. The number of amides is 1. The summed E-state index contributed by atoms with van der Waals surface area (Å²) >= 11 is 0. The molecule has 1 aromatic rings. The largest absolute Gasteiger partial charge is 0.382 e. The number of nitrogens with one attached hydrogen (secondary N) is 2. The molecular formula is C16H24N4O. The van der Waals surface area contributed by atoms with Gasteiger partial charge in [-0.15, -0.1) is 0 Å². The Kier molecular flexibility index (Phi) is 3.76. The van der Waals surface area contributed by atoms with Crippen LogP contribution in [0.1, 0.15) is 17.3 Å². The maximum atomic E-state index is 12.7. The SMILES string of the molecule is CC1CN(C(=O)c2ccc3c(c2)NCCN3)CC1N(C)C. The van der Waals surface area contributed by atoms with E-state index in [0.29, 0.717) is 12.0 Å². The van der Waals surface area contributed by atoms with Crippen LogP contribution < -0.4 is 10.6 Å². The second-order valence-corrected chi connectivity index (χ2v) is 6.33. The number of fused-ring (bicyclic) bond motifs is 1. The Hall–Kier alpha value is -1.75. The number of rotatable bonds is 2. The van der Waals surface area contributed by atoms with E-state index in [0.717, 1.165) is 43.1 Å². The number of hydrogen-bond donors (Lipinski definition) is 2. The Morgan fingerprint density at radius 1 is 1.19 bits per heavy atom. The van der Waals surface area contributed by atoms with Crippen LogP contribution in [-0.4, -0.2) is 62.0 Å². The minimum Gasteiger partial charge on any atom is -0.382 e. The van der Waals surface area contributed by atoms with Gasteiger partial charge in [0.25, 0.3) is 5.91 Å². The van der Waals surface area contributed by atoms with Gasteiger partial charge in [-0.2, -0.15) is 0 Å². The number of carbonyl (C=O) groups excluding carboxylic acids is 1. The molecule has 2 N–H and O–H groups in total. The molecule has 2 atom stereocenters. The summed E-state index contributed by atoms with van der Waals surface area (Å²) in [7, 11) is 4.17. The third-order valence-corrected chi connectivity index (χ3v) is 4.55. The smallest absolute Gasteiger partial charge is 0.253 e. The lowest BCUT2D eigenvalue weighted by molar-refractivity contribution is 0.0781. The van der Waals surface area contributed by atoms with Crippen molar-refractivity contribution in [3.8, 4) is 0 Å². The van der Waals surface area contributed by atoms with Crippen LogP contribution >= 0.6 is 0 Å². The zero-order valence-electron chi connectivity index (χ0n) is 13.0. The molecule has 2 aliphatic rings. The van der Waals surface area contributed by atoms with Crippen LogP contribution in [0.5, 0.6) is 0 Å². The van der Waals surface area contributed by atoms with Gasteiger partial charge in [-0.05, 0) is 38.2 Å². The molecule has 0 aliphatic carbocycles. The summed E-state index contributed by atoms with van der Waals surface area (Å²) in [5, 5.41) is 6.68. The molecule has 1 saturated heterocycles. The lowest BCUT2D eigenvalue weighted by atomic mass is 10.1. The zero-order chi connectivity index (χ0) is 15.0. The molecule has 21 heavy (non-hydrogen) atoms. The van der Waals surface area contributed by atoms with Gasteiger partial charge in [0.2, 0.25) is 0 Å². The molecule has 1 amide bonds. The molecule has 0 saturated carbocycles. The van der Waals surface area contributed by atoms with Crippen LogP contribution in [0.3, 0.4) is 0 Å². The van der Waals surface area contributed by atoms with Crippen LogP contribution in [-0.2, 0) is 0 Å². The summed E-state index contributed by atoms with van der Waals surface area (Å²) < 4.78 is 0. The monoisotopic (exact) mass is 288 g/mol. The van der Waals surface area contributed by atoms with Gasteiger partial charge in [0.15, 0.2) is 0 Å². The molecule has 0 aromatic heterocycles. The lowest BCUT2D eigenvalue weighted by Gasteiger charge is -2.23. The van der Waals surface area contributed by atoms with Crippen molar-refractivity contribution in [1.82, 2.24) is 9.80 Å². The second kappa shape index (κ2) is 5.56. The van der Waals surface area contributed by atoms with Gasteiger partial charge in [0.1, 0.15) is 0 Å². The van der Waals surface area contributed by atoms with Crippen molar-refractivity contribution in [2.75, 3.05) is 50.9 Å². The van der Waals surface area contributed by atoms with Crippen molar-refractivity contribution in [3.63, 3.8) is 0 Å². The summed E-state index contributed by atoms with van der Waals surface area (Å²) in [6, 6.07) is 6.34. The summed E-state index contributed by atoms with van der Waals surface area (Å²) in [5.74, 6) is 0.655. The maximum absolute atomic E-state index is 12.7. The predicted octanol–water partition coefficient (Wildman–Crippen LogP) is 1.55. The normalized spacial score (nSPS) is 24.5. The lowest BCUT2D eigenvalue weighted by Crippen LogP contribution is -2.35. The summed E-state index contributed by atoms with van der Waals surface area (Å²) in [6.45, 7) is 5.69. The van der Waals surface area contributed by atoms with Gasteiger partial charge < -0.3 is 20.4 Å².